The normalized spacial score (nSPS) is 18.6. The number of fused-ring (bicyclic) bond motifs is 1. The monoisotopic (exact) mass is 344 g/mol. The Morgan fingerprint density at radius 3 is 2.28 bits per heavy atom. The van der Waals surface area contributed by atoms with Crippen LogP contribution in [0.4, 0.5) is 0 Å². The van der Waals surface area contributed by atoms with Crippen LogP contribution in [0.25, 0.3) is 10.9 Å². The predicted octanol–water partition coefficient (Wildman–Crippen LogP) is 1.78. The second-order valence-corrected chi connectivity index (χ2v) is 7.13. The van der Waals surface area contributed by atoms with E-state index >= 15 is 0 Å². The largest absolute Gasteiger partial charge is 0.517 e. The third-order valence-electron chi connectivity index (χ3n) is 4.90. The maximum Gasteiger partial charge on any atom is 0.517 e. The zero-order valence-electron chi connectivity index (χ0n) is 15.2. The Hall–Kier alpha value is -2.19. The van der Waals surface area contributed by atoms with Crippen LogP contribution in [0.5, 0.6) is 0 Å². The van der Waals surface area contributed by atoms with Crippen LogP contribution in [0.2, 0.25) is 0 Å². The third kappa shape index (κ3) is 2.75. The van der Waals surface area contributed by atoms with Crippen LogP contribution in [0, 0.1) is 0 Å². The van der Waals surface area contributed by atoms with Crippen LogP contribution in [0.1, 0.15) is 49.8 Å². The first-order valence-corrected chi connectivity index (χ1v) is 8.05. The van der Waals surface area contributed by atoms with E-state index < -0.39 is 24.3 Å². The number of esters is 1. The van der Waals surface area contributed by atoms with E-state index in [9.17, 15) is 9.59 Å². The number of benzene rings is 1. The molecule has 0 aliphatic carbocycles. The van der Waals surface area contributed by atoms with Gasteiger partial charge in [0.25, 0.3) is 0 Å². The lowest BCUT2D eigenvalue weighted by Crippen LogP contribution is -2.41. The lowest BCUT2D eigenvalue weighted by molar-refractivity contribution is 0.00578. The standard InChI is InChI=1S/C17H21BN2O5/c1-10(21)20-13-8-7-11(15(22)23-6)9-12(13)14(19-20)18-24-16(2,3)17(4,5)25-18/h7-9H,1-6H3. The molecule has 1 aromatic heterocycles. The summed E-state index contributed by atoms with van der Waals surface area (Å²) in [5.41, 5.74) is 0.351. The maximum atomic E-state index is 11.9. The van der Waals surface area contributed by atoms with Gasteiger partial charge in [0.05, 0.1) is 29.4 Å². The fourth-order valence-electron chi connectivity index (χ4n) is 2.76. The molecule has 0 unspecified atom stereocenters. The first-order chi connectivity index (χ1) is 11.6. The van der Waals surface area contributed by atoms with Gasteiger partial charge in [0, 0.05) is 12.3 Å². The molecule has 2 aromatic rings. The minimum absolute atomic E-state index is 0.237. The van der Waals surface area contributed by atoms with E-state index in [0.717, 1.165) is 0 Å². The molecule has 1 saturated heterocycles. The summed E-state index contributed by atoms with van der Waals surface area (Å²) in [6.45, 7) is 9.19. The molecule has 3 rings (SSSR count). The van der Waals surface area contributed by atoms with Crippen molar-refractivity contribution in [2.24, 2.45) is 0 Å². The minimum atomic E-state index is -0.735. The number of hydrogen-bond donors (Lipinski definition) is 0. The van der Waals surface area contributed by atoms with Crippen LogP contribution in [0.15, 0.2) is 18.2 Å². The van der Waals surface area contributed by atoms with Gasteiger partial charge in [-0.2, -0.15) is 5.10 Å². The van der Waals surface area contributed by atoms with Gasteiger partial charge < -0.3 is 14.0 Å². The molecule has 0 atom stereocenters. The van der Waals surface area contributed by atoms with E-state index in [1.165, 1.54) is 18.7 Å². The predicted molar refractivity (Wildman–Crippen MR) is 93.1 cm³/mol. The lowest BCUT2D eigenvalue weighted by Gasteiger charge is -2.32. The highest BCUT2D eigenvalue weighted by atomic mass is 16.7. The summed E-state index contributed by atoms with van der Waals surface area (Å²) in [4.78, 5) is 23.8. The molecule has 0 saturated carbocycles. The van der Waals surface area contributed by atoms with Gasteiger partial charge in [-0.3, -0.25) is 4.79 Å². The summed E-state index contributed by atoms with van der Waals surface area (Å²) in [6.07, 6.45) is 0. The van der Waals surface area contributed by atoms with Gasteiger partial charge in [-0.25, -0.2) is 9.48 Å². The molecule has 7 nitrogen and oxygen atoms in total. The zero-order chi connectivity index (χ0) is 18.6. The van der Waals surface area contributed by atoms with Gasteiger partial charge in [0.1, 0.15) is 5.59 Å². The highest BCUT2D eigenvalue weighted by Gasteiger charge is 2.53. The Morgan fingerprint density at radius 2 is 1.76 bits per heavy atom. The summed E-state index contributed by atoms with van der Waals surface area (Å²) in [5.74, 6) is -0.698. The average molecular weight is 344 g/mol. The Balaban J connectivity index is 2.17. The Morgan fingerprint density at radius 1 is 1.16 bits per heavy atom. The number of carbonyl (C=O) groups excluding carboxylic acids is 2. The minimum Gasteiger partial charge on any atom is -0.465 e. The first kappa shape index (κ1) is 17.6. The molecule has 2 heterocycles. The van der Waals surface area contributed by atoms with Crippen molar-refractivity contribution in [1.82, 2.24) is 9.78 Å². The van der Waals surface area contributed by atoms with E-state index in [2.05, 4.69) is 5.10 Å². The number of methoxy groups -OCH3 is 1. The molecular weight excluding hydrogens is 323 g/mol. The molecule has 8 heteroatoms. The smallest absolute Gasteiger partial charge is 0.465 e. The molecule has 1 aliphatic heterocycles. The average Bonchev–Trinajstić information content (AvgIpc) is 3.00. The van der Waals surface area contributed by atoms with Gasteiger partial charge in [0.2, 0.25) is 5.91 Å². The molecule has 132 valence electrons. The molecule has 1 aromatic carbocycles. The fourth-order valence-corrected chi connectivity index (χ4v) is 2.76. The van der Waals surface area contributed by atoms with Crippen LogP contribution < -0.4 is 5.59 Å². The summed E-state index contributed by atoms with van der Waals surface area (Å²) >= 11 is 0. The molecule has 0 N–H and O–H groups in total. The third-order valence-corrected chi connectivity index (χ3v) is 4.90. The molecule has 0 spiro atoms. The number of nitrogens with zero attached hydrogens (tertiary/aromatic N) is 2. The second-order valence-electron chi connectivity index (χ2n) is 7.13. The summed E-state index contributed by atoms with van der Waals surface area (Å²) in [5, 5.41) is 5.02. The van der Waals surface area contributed by atoms with Gasteiger partial charge in [-0.05, 0) is 45.9 Å². The summed E-state index contributed by atoms with van der Waals surface area (Å²) in [7, 11) is 0.585. The van der Waals surface area contributed by atoms with Gasteiger partial charge in [0.15, 0.2) is 0 Å². The highest BCUT2D eigenvalue weighted by Crippen LogP contribution is 2.37. The molecule has 0 bridgehead atoms. The topological polar surface area (TPSA) is 79.7 Å². The number of rotatable bonds is 2. The Kier molecular flexibility index (Phi) is 4.00. The van der Waals surface area contributed by atoms with E-state index in [0.29, 0.717) is 22.1 Å². The van der Waals surface area contributed by atoms with Crippen molar-refractivity contribution in [2.75, 3.05) is 7.11 Å². The second kappa shape index (κ2) is 5.67. The van der Waals surface area contributed by atoms with Gasteiger partial charge >= 0.3 is 13.1 Å². The van der Waals surface area contributed by atoms with Crippen LogP contribution >= 0.6 is 0 Å². The summed E-state index contributed by atoms with van der Waals surface area (Å²) < 4.78 is 18.2. The lowest BCUT2D eigenvalue weighted by atomic mass is 9.82. The van der Waals surface area contributed by atoms with Crippen molar-refractivity contribution in [1.29, 1.82) is 0 Å². The first-order valence-electron chi connectivity index (χ1n) is 8.05. The molecule has 1 aliphatic rings. The molecule has 0 amide bonds. The number of aromatic nitrogens is 2. The van der Waals surface area contributed by atoms with E-state index in [1.807, 2.05) is 27.7 Å². The number of carbonyl (C=O) groups is 2. The molecule has 25 heavy (non-hydrogen) atoms. The molecule has 0 radical (unpaired) electrons. The van der Waals surface area contributed by atoms with Crippen molar-refractivity contribution in [3.8, 4) is 0 Å². The highest BCUT2D eigenvalue weighted by molar-refractivity contribution is 6.64. The van der Waals surface area contributed by atoms with Crippen molar-refractivity contribution >= 4 is 35.5 Å². The number of hydrogen-bond acceptors (Lipinski definition) is 6. The Labute approximate surface area is 146 Å². The summed E-state index contributed by atoms with van der Waals surface area (Å²) in [6, 6.07) is 4.92. The van der Waals surface area contributed by atoms with Crippen molar-refractivity contribution in [3.63, 3.8) is 0 Å². The van der Waals surface area contributed by atoms with Crippen LogP contribution in [-0.2, 0) is 14.0 Å². The van der Waals surface area contributed by atoms with Gasteiger partial charge in [-0.1, -0.05) is 0 Å². The van der Waals surface area contributed by atoms with Crippen LogP contribution in [-0.4, -0.2) is 47.1 Å². The number of ether oxygens (including phenoxy) is 1. The zero-order valence-corrected chi connectivity index (χ0v) is 15.2. The van der Waals surface area contributed by atoms with E-state index in [-0.39, 0.29) is 5.91 Å². The fraction of sp³-hybridized carbons (Fsp3) is 0.471. The van der Waals surface area contributed by atoms with Crippen molar-refractivity contribution in [2.45, 2.75) is 45.8 Å². The van der Waals surface area contributed by atoms with E-state index in [1.54, 1.807) is 18.2 Å². The van der Waals surface area contributed by atoms with Crippen molar-refractivity contribution < 1.29 is 23.6 Å². The SMILES string of the molecule is COC(=O)c1ccc2c(c1)c(B1OC(C)(C)C(C)(C)O1)nn2C(C)=O. The maximum absolute atomic E-state index is 11.9. The van der Waals surface area contributed by atoms with E-state index in [4.69, 9.17) is 14.0 Å². The Bertz CT molecular complexity index is 855. The quantitative estimate of drug-likeness (QED) is 0.610. The molecular formula is C17H21BN2O5. The van der Waals surface area contributed by atoms with Crippen molar-refractivity contribution in [3.05, 3.63) is 23.8 Å². The van der Waals surface area contributed by atoms with Gasteiger partial charge in [-0.15, -0.1) is 0 Å². The van der Waals surface area contributed by atoms with Crippen LogP contribution in [0.3, 0.4) is 0 Å². The molecule has 1 fully saturated rings.